The number of nitrogen functional groups attached to an aromatic ring is 1. The van der Waals surface area contributed by atoms with E-state index in [9.17, 15) is 0 Å². The Kier molecular flexibility index (Phi) is 3.18. The zero-order chi connectivity index (χ0) is 14.9. The van der Waals surface area contributed by atoms with Gasteiger partial charge >= 0.3 is 0 Å². The lowest BCUT2D eigenvalue weighted by Crippen LogP contribution is -2.32. The van der Waals surface area contributed by atoms with Gasteiger partial charge in [0.1, 0.15) is 11.5 Å². The number of imidazole rings is 1. The Balaban J connectivity index is 1.84. The summed E-state index contributed by atoms with van der Waals surface area (Å²) in [5.74, 6) is 1.43. The van der Waals surface area contributed by atoms with Gasteiger partial charge in [0, 0.05) is 30.9 Å². The largest absolute Gasteiger partial charge is 0.383 e. The minimum Gasteiger partial charge on any atom is -0.383 e. The average molecular weight is 293 g/mol. The van der Waals surface area contributed by atoms with Crippen LogP contribution in [0.15, 0.2) is 42.6 Å². The molecule has 1 aliphatic rings. The highest BCUT2D eigenvalue weighted by atomic mass is 15.3. The highest BCUT2D eigenvalue weighted by Crippen LogP contribution is 2.25. The average Bonchev–Trinajstić information content (AvgIpc) is 2.99. The first-order valence-corrected chi connectivity index (χ1v) is 7.77. The molecule has 5 heteroatoms. The number of rotatable bonds is 2. The standard InChI is InChI=1S/C17H19N5/c18-15-11-16-19-14(13-7-3-1-4-8-13)12-22(16)17(20-15)21-9-5-2-6-10-21/h1,3-4,7-8,11-12H,2,5-6,9-10,18H2. The van der Waals surface area contributed by atoms with E-state index in [4.69, 9.17) is 10.7 Å². The van der Waals surface area contributed by atoms with Crippen molar-refractivity contribution >= 4 is 17.4 Å². The smallest absolute Gasteiger partial charge is 0.213 e. The molecule has 1 saturated heterocycles. The number of piperidine rings is 1. The van der Waals surface area contributed by atoms with Crippen LogP contribution in [0, 0.1) is 0 Å². The number of aromatic nitrogens is 3. The molecule has 112 valence electrons. The predicted molar refractivity (Wildman–Crippen MR) is 88.9 cm³/mol. The lowest BCUT2D eigenvalue weighted by molar-refractivity contribution is 0.566. The van der Waals surface area contributed by atoms with Crippen molar-refractivity contribution in [3.8, 4) is 11.3 Å². The van der Waals surface area contributed by atoms with E-state index in [1.54, 1.807) is 0 Å². The van der Waals surface area contributed by atoms with Gasteiger partial charge in [0.15, 0.2) is 0 Å². The van der Waals surface area contributed by atoms with Crippen molar-refractivity contribution < 1.29 is 0 Å². The SMILES string of the molecule is Nc1cc2nc(-c3ccccc3)cn2c(N2CCCCC2)n1. The molecule has 0 atom stereocenters. The molecule has 22 heavy (non-hydrogen) atoms. The van der Waals surface area contributed by atoms with Gasteiger partial charge in [-0.05, 0) is 19.3 Å². The topological polar surface area (TPSA) is 59.4 Å². The van der Waals surface area contributed by atoms with Crippen LogP contribution in [0.1, 0.15) is 19.3 Å². The third kappa shape index (κ3) is 2.28. The van der Waals surface area contributed by atoms with Crippen LogP contribution in [0.2, 0.25) is 0 Å². The van der Waals surface area contributed by atoms with Crippen molar-refractivity contribution in [3.05, 3.63) is 42.6 Å². The number of nitrogens with two attached hydrogens (primary N) is 1. The molecule has 4 rings (SSSR count). The lowest BCUT2D eigenvalue weighted by atomic mass is 10.1. The van der Waals surface area contributed by atoms with Crippen LogP contribution in [0.4, 0.5) is 11.8 Å². The Bertz CT molecular complexity index is 787. The molecule has 1 fully saturated rings. The van der Waals surface area contributed by atoms with Crippen LogP contribution in [-0.4, -0.2) is 27.5 Å². The molecule has 1 aromatic carbocycles. The van der Waals surface area contributed by atoms with Crippen LogP contribution in [0.25, 0.3) is 16.9 Å². The maximum Gasteiger partial charge on any atom is 0.213 e. The summed E-state index contributed by atoms with van der Waals surface area (Å²) in [5.41, 5.74) is 8.90. The number of anilines is 2. The molecule has 0 radical (unpaired) electrons. The summed E-state index contributed by atoms with van der Waals surface area (Å²) in [7, 11) is 0. The first kappa shape index (κ1) is 13.1. The van der Waals surface area contributed by atoms with Crippen LogP contribution in [-0.2, 0) is 0 Å². The molecular weight excluding hydrogens is 274 g/mol. The number of nitrogens with zero attached hydrogens (tertiary/aromatic N) is 4. The first-order valence-electron chi connectivity index (χ1n) is 7.77. The zero-order valence-corrected chi connectivity index (χ0v) is 12.4. The van der Waals surface area contributed by atoms with Crippen LogP contribution < -0.4 is 10.6 Å². The van der Waals surface area contributed by atoms with E-state index in [0.717, 1.165) is 35.9 Å². The fraction of sp³-hybridized carbons (Fsp3) is 0.294. The Morgan fingerprint density at radius 3 is 2.50 bits per heavy atom. The second-order valence-corrected chi connectivity index (χ2v) is 5.75. The van der Waals surface area contributed by atoms with Gasteiger partial charge in [-0.15, -0.1) is 0 Å². The van der Waals surface area contributed by atoms with E-state index in [2.05, 4.69) is 32.6 Å². The van der Waals surface area contributed by atoms with Gasteiger partial charge in [0.05, 0.1) is 5.69 Å². The van der Waals surface area contributed by atoms with E-state index in [0.29, 0.717) is 5.82 Å². The highest BCUT2D eigenvalue weighted by molar-refractivity contribution is 5.65. The second-order valence-electron chi connectivity index (χ2n) is 5.75. The molecule has 0 spiro atoms. The summed E-state index contributed by atoms with van der Waals surface area (Å²) < 4.78 is 2.06. The van der Waals surface area contributed by atoms with Crippen molar-refractivity contribution in [2.75, 3.05) is 23.7 Å². The minimum atomic E-state index is 0.526. The Morgan fingerprint density at radius 2 is 1.73 bits per heavy atom. The number of hydrogen-bond acceptors (Lipinski definition) is 4. The third-order valence-electron chi connectivity index (χ3n) is 4.16. The van der Waals surface area contributed by atoms with Gasteiger partial charge in [-0.1, -0.05) is 30.3 Å². The first-order chi connectivity index (χ1) is 10.8. The van der Waals surface area contributed by atoms with Gasteiger partial charge in [-0.25, -0.2) is 4.98 Å². The summed E-state index contributed by atoms with van der Waals surface area (Å²) in [6.07, 6.45) is 5.76. The molecule has 0 saturated carbocycles. The molecule has 2 N–H and O–H groups in total. The normalized spacial score (nSPS) is 15.4. The summed E-state index contributed by atoms with van der Waals surface area (Å²) in [6, 6.07) is 12.0. The fourth-order valence-electron chi connectivity index (χ4n) is 3.06. The molecule has 5 nitrogen and oxygen atoms in total. The summed E-state index contributed by atoms with van der Waals surface area (Å²) in [4.78, 5) is 11.6. The summed E-state index contributed by atoms with van der Waals surface area (Å²) >= 11 is 0. The Labute approximate surface area is 129 Å². The van der Waals surface area contributed by atoms with Gasteiger partial charge in [0.25, 0.3) is 0 Å². The number of hydrogen-bond donors (Lipinski definition) is 1. The molecule has 2 aromatic heterocycles. The maximum absolute atomic E-state index is 5.99. The van der Waals surface area contributed by atoms with Crippen molar-refractivity contribution in [1.82, 2.24) is 14.4 Å². The molecular formula is C17H19N5. The number of benzene rings is 1. The Hall–Kier alpha value is -2.56. The molecule has 0 unspecified atom stereocenters. The van der Waals surface area contributed by atoms with Gasteiger partial charge < -0.3 is 10.6 Å². The van der Waals surface area contributed by atoms with Crippen molar-refractivity contribution in [2.45, 2.75) is 19.3 Å². The van der Waals surface area contributed by atoms with E-state index < -0.39 is 0 Å². The van der Waals surface area contributed by atoms with E-state index in [1.165, 1.54) is 19.3 Å². The highest BCUT2D eigenvalue weighted by Gasteiger charge is 2.17. The monoisotopic (exact) mass is 293 g/mol. The number of fused-ring (bicyclic) bond motifs is 1. The lowest BCUT2D eigenvalue weighted by Gasteiger charge is -2.28. The second kappa shape index (κ2) is 5.33. The van der Waals surface area contributed by atoms with E-state index >= 15 is 0 Å². The molecule has 3 aromatic rings. The van der Waals surface area contributed by atoms with Gasteiger partial charge in [-0.3, -0.25) is 4.40 Å². The summed E-state index contributed by atoms with van der Waals surface area (Å²) in [6.45, 7) is 2.06. The third-order valence-corrected chi connectivity index (χ3v) is 4.16. The Morgan fingerprint density at radius 1 is 0.955 bits per heavy atom. The quantitative estimate of drug-likeness (QED) is 0.789. The molecule has 3 heterocycles. The van der Waals surface area contributed by atoms with Crippen molar-refractivity contribution in [1.29, 1.82) is 0 Å². The molecule has 1 aliphatic heterocycles. The molecule has 0 aliphatic carbocycles. The zero-order valence-electron chi connectivity index (χ0n) is 12.4. The van der Waals surface area contributed by atoms with Crippen molar-refractivity contribution in [2.24, 2.45) is 0 Å². The minimum absolute atomic E-state index is 0.526. The maximum atomic E-state index is 5.99. The predicted octanol–water partition coefficient (Wildman–Crippen LogP) is 2.97. The fourth-order valence-corrected chi connectivity index (χ4v) is 3.06. The van der Waals surface area contributed by atoms with Gasteiger partial charge in [0.2, 0.25) is 5.95 Å². The van der Waals surface area contributed by atoms with Gasteiger partial charge in [-0.2, -0.15) is 4.98 Å². The summed E-state index contributed by atoms with van der Waals surface area (Å²) in [5, 5.41) is 0. The van der Waals surface area contributed by atoms with Crippen LogP contribution >= 0.6 is 0 Å². The van der Waals surface area contributed by atoms with Crippen LogP contribution in [0.5, 0.6) is 0 Å². The van der Waals surface area contributed by atoms with E-state index in [1.807, 2.05) is 24.3 Å². The molecule has 0 bridgehead atoms. The molecule has 0 amide bonds. The van der Waals surface area contributed by atoms with E-state index in [-0.39, 0.29) is 0 Å². The van der Waals surface area contributed by atoms with Crippen molar-refractivity contribution in [3.63, 3.8) is 0 Å². The van der Waals surface area contributed by atoms with Crippen LogP contribution in [0.3, 0.4) is 0 Å².